The van der Waals surface area contributed by atoms with Crippen molar-refractivity contribution in [1.82, 2.24) is 4.90 Å². The number of rotatable bonds is 2. The molecule has 0 aliphatic carbocycles. The molecule has 22 heavy (non-hydrogen) atoms. The number of ether oxygens (including phenoxy) is 1. The van der Waals surface area contributed by atoms with Crippen LogP contribution in [0, 0.1) is 6.92 Å². The van der Waals surface area contributed by atoms with E-state index in [9.17, 15) is 4.79 Å². The lowest BCUT2D eigenvalue weighted by molar-refractivity contribution is -0.0212. The van der Waals surface area contributed by atoms with Crippen LogP contribution in [0.2, 0.25) is 0 Å². The third-order valence-electron chi connectivity index (χ3n) is 3.71. The lowest BCUT2D eigenvalue weighted by Gasteiger charge is -2.33. The maximum Gasteiger partial charge on any atom is 0.254 e. The number of aryl methyl sites for hydroxylation is 1. The number of nitrogens with two attached hydrogens (primary N) is 1. The standard InChI is InChI=1S/C16H18N2O2S.ClH/c1-11-4-5-12(17)9-13(11)16(19)18-6-7-20-14(10-18)15-3-2-8-21-15;/h2-5,8-9,14H,6-7,10,17H2,1H3;1H. The molecule has 0 spiro atoms. The number of hydrogen-bond donors (Lipinski definition) is 1. The number of morpholine rings is 1. The normalized spacial score (nSPS) is 17.9. The molecule has 0 saturated carbocycles. The van der Waals surface area contributed by atoms with Crippen LogP contribution >= 0.6 is 23.7 Å². The fourth-order valence-electron chi connectivity index (χ4n) is 2.52. The summed E-state index contributed by atoms with van der Waals surface area (Å²) in [6.45, 7) is 3.71. The third-order valence-corrected chi connectivity index (χ3v) is 4.67. The molecule has 1 aromatic carbocycles. The van der Waals surface area contributed by atoms with Gasteiger partial charge in [0, 0.05) is 22.7 Å². The van der Waals surface area contributed by atoms with Gasteiger partial charge in [-0.2, -0.15) is 0 Å². The van der Waals surface area contributed by atoms with Crippen LogP contribution in [0.5, 0.6) is 0 Å². The van der Waals surface area contributed by atoms with Crippen LogP contribution in [0.15, 0.2) is 35.7 Å². The van der Waals surface area contributed by atoms with Gasteiger partial charge in [0.25, 0.3) is 5.91 Å². The fraction of sp³-hybridized carbons (Fsp3) is 0.312. The number of nitrogen functional groups attached to an aromatic ring is 1. The zero-order chi connectivity index (χ0) is 14.8. The van der Waals surface area contributed by atoms with E-state index >= 15 is 0 Å². The molecule has 3 rings (SSSR count). The molecule has 0 radical (unpaired) electrons. The molecule has 118 valence electrons. The maximum atomic E-state index is 12.7. The number of hydrogen-bond acceptors (Lipinski definition) is 4. The van der Waals surface area contributed by atoms with Gasteiger partial charge in [-0.05, 0) is 36.1 Å². The van der Waals surface area contributed by atoms with Gasteiger partial charge in [0.2, 0.25) is 0 Å². The lowest BCUT2D eigenvalue weighted by atomic mass is 10.1. The molecule has 0 bridgehead atoms. The minimum atomic E-state index is -0.0240. The van der Waals surface area contributed by atoms with Crippen molar-refractivity contribution in [3.63, 3.8) is 0 Å². The first kappa shape index (κ1) is 16.8. The molecule has 4 nitrogen and oxygen atoms in total. The summed E-state index contributed by atoms with van der Waals surface area (Å²) in [6, 6.07) is 9.52. The second kappa shape index (κ2) is 7.13. The van der Waals surface area contributed by atoms with Crippen molar-refractivity contribution in [3.05, 3.63) is 51.7 Å². The molecule has 1 unspecified atom stereocenters. The predicted octanol–water partition coefficient (Wildman–Crippen LogP) is 3.27. The van der Waals surface area contributed by atoms with Gasteiger partial charge in [-0.25, -0.2) is 0 Å². The van der Waals surface area contributed by atoms with Gasteiger partial charge >= 0.3 is 0 Å². The highest BCUT2D eigenvalue weighted by Crippen LogP contribution is 2.27. The Labute approximate surface area is 140 Å². The van der Waals surface area contributed by atoms with E-state index in [4.69, 9.17) is 10.5 Å². The van der Waals surface area contributed by atoms with Crippen LogP contribution in [-0.2, 0) is 4.74 Å². The average Bonchev–Trinajstić information content (AvgIpc) is 3.03. The molecule has 1 saturated heterocycles. The molecule has 1 atom stereocenters. The van der Waals surface area contributed by atoms with Gasteiger partial charge in [0.05, 0.1) is 13.2 Å². The van der Waals surface area contributed by atoms with Crippen molar-refractivity contribution in [3.8, 4) is 0 Å². The van der Waals surface area contributed by atoms with E-state index in [1.165, 1.54) is 0 Å². The van der Waals surface area contributed by atoms with Gasteiger partial charge in [-0.15, -0.1) is 23.7 Å². The van der Waals surface area contributed by atoms with E-state index in [0.29, 0.717) is 30.9 Å². The first-order valence-corrected chi connectivity index (χ1v) is 7.83. The number of nitrogens with zero attached hydrogens (tertiary/aromatic N) is 1. The van der Waals surface area contributed by atoms with Crippen LogP contribution in [0.25, 0.3) is 0 Å². The monoisotopic (exact) mass is 338 g/mol. The number of amides is 1. The summed E-state index contributed by atoms with van der Waals surface area (Å²) in [5, 5.41) is 2.03. The van der Waals surface area contributed by atoms with E-state index < -0.39 is 0 Å². The second-order valence-electron chi connectivity index (χ2n) is 5.20. The highest BCUT2D eigenvalue weighted by molar-refractivity contribution is 7.10. The van der Waals surface area contributed by atoms with Crippen molar-refractivity contribution >= 4 is 35.3 Å². The first-order valence-electron chi connectivity index (χ1n) is 6.95. The number of benzene rings is 1. The summed E-state index contributed by atoms with van der Waals surface area (Å²) in [7, 11) is 0. The van der Waals surface area contributed by atoms with Gasteiger partial charge in [-0.1, -0.05) is 12.1 Å². The van der Waals surface area contributed by atoms with E-state index in [1.807, 2.05) is 35.4 Å². The summed E-state index contributed by atoms with van der Waals surface area (Å²) < 4.78 is 5.78. The predicted molar refractivity (Wildman–Crippen MR) is 91.8 cm³/mol. The Morgan fingerprint density at radius 2 is 2.23 bits per heavy atom. The van der Waals surface area contributed by atoms with Crippen molar-refractivity contribution in [1.29, 1.82) is 0 Å². The zero-order valence-electron chi connectivity index (χ0n) is 12.3. The van der Waals surface area contributed by atoms with Crippen molar-refractivity contribution in [2.45, 2.75) is 13.0 Å². The van der Waals surface area contributed by atoms with Crippen LogP contribution in [0.3, 0.4) is 0 Å². The Hall–Kier alpha value is -1.56. The highest BCUT2D eigenvalue weighted by Gasteiger charge is 2.27. The molecular weight excluding hydrogens is 320 g/mol. The summed E-state index contributed by atoms with van der Waals surface area (Å²) in [5.74, 6) is 0.0321. The lowest BCUT2D eigenvalue weighted by Crippen LogP contribution is -2.42. The second-order valence-corrected chi connectivity index (χ2v) is 6.18. The molecule has 1 aromatic heterocycles. The number of carbonyl (C=O) groups excluding carboxylic acids is 1. The Morgan fingerprint density at radius 3 is 2.95 bits per heavy atom. The zero-order valence-corrected chi connectivity index (χ0v) is 14.0. The van der Waals surface area contributed by atoms with Gasteiger partial charge in [-0.3, -0.25) is 4.79 Å². The molecule has 2 aromatic rings. The summed E-state index contributed by atoms with van der Waals surface area (Å²) in [4.78, 5) is 15.7. The molecule has 1 aliphatic heterocycles. The first-order chi connectivity index (χ1) is 10.1. The number of halogens is 1. The smallest absolute Gasteiger partial charge is 0.254 e. The third kappa shape index (κ3) is 3.43. The van der Waals surface area contributed by atoms with Crippen LogP contribution in [-0.4, -0.2) is 30.5 Å². The van der Waals surface area contributed by atoms with E-state index in [1.54, 1.807) is 17.4 Å². The number of carbonyl (C=O) groups is 1. The van der Waals surface area contributed by atoms with Crippen molar-refractivity contribution < 1.29 is 9.53 Å². The summed E-state index contributed by atoms with van der Waals surface area (Å²) in [5.41, 5.74) is 8.06. The van der Waals surface area contributed by atoms with E-state index in [0.717, 1.165) is 10.4 Å². The minimum absolute atomic E-state index is 0. The molecule has 6 heteroatoms. The van der Waals surface area contributed by atoms with Gasteiger partial charge < -0.3 is 15.4 Å². The quantitative estimate of drug-likeness (QED) is 0.855. The molecule has 1 aliphatic rings. The molecule has 2 heterocycles. The van der Waals surface area contributed by atoms with Crippen LogP contribution in [0.1, 0.15) is 26.9 Å². The Bertz CT molecular complexity index is 646. The number of anilines is 1. The molecule has 2 N–H and O–H groups in total. The molecular formula is C16H19ClN2O2S. The van der Waals surface area contributed by atoms with E-state index in [2.05, 4.69) is 6.07 Å². The topological polar surface area (TPSA) is 55.6 Å². The van der Waals surface area contributed by atoms with Crippen LogP contribution < -0.4 is 5.73 Å². The average molecular weight is 339 g/mol. The Morgan fingerprint density at radius 1 is 1.41 bits per heavy atom. The van der Waals surface area contributed by atoms with Crippen molar-refractivity contribution in [2.24, 2.45) is 0 Å². The highest BCUT2D eigenvalue weighted by atomic mass is 35.5. The van der Waals surface area contributed by atoms with Gasteiger partial charge in [0.15, 0.2) is 0 Å². The summed E-state index contributed by atoms with van der Waals surface area (Å²) in [6.07, 6.45) is -0.0240. The Kier molecular flexibility index (Phi) is 5.45. The summed E-state index contributed by atoms with van der Waals surface area (Å²) >= 11 is 1.66. The fourth-order valence-corrected chi connectivity index (χ4v) is 3.29. The SMILES string of the molecule is Cc1ccc(N)cc1C(=O)N1CCOC(c2cccs2)C1.Cl. The van der Waals surface area contributed by atoms with Crippen LogP contribution in [0.4, 0.5) is 5.69 Å². The van der Waals surface area contributed by atoms with E-state index in [-0.39, 0.29) is 24.4 Å². The van der Waals surface area contributed by atoms with Crippen molar-refractivity contribution in [2.75, 3.05) is 25.4 Å². The maximum absolute atomic E-state index is 12.7. The number of thiophene rings is 1. The van der Waals surface area contributed by atoms with Gasteiger partial charge in [0.1, 0.15) is 6.10 Å². The molecule has 1 amide bonds. The minimum Gasteiger partial charge on any atom is -0.399 e. The molecule has 1 fully saturated rings. The Balaban J connectivity index is 0.00000176. The largest absolute Gasteiger partial charge is 0.399 e.